The first-order chi connectivity index (χ1) is 8.70. The molecule has 0 amide bonds. The van der Waals surface area contributed by atoms with Crippen LogP contribution in [0.25, 0.3) is 0 Å². The van der Waals surface area contributed by atoms with Crippen LogP contribution in [0.2, 0.25) is 0 Å². The van der Waals surface area contributed by atoms with E-state index in [1.165, 1.54) is 24.2 Å². The molecule has 0 bridgehead atoms. The van der Waals surface area contributed by atoms with Gasteiger partial charge in [0.05, 0.1) is 0 Å². The Morgan fingerprint density at radius 3 is 2.61 bits per heavy atom. The second kappa shape index (κ2) is 6.10. The van der Waals surface area contributed by atoms with Gasteiger partial charge in [-0.2, -0.15) is 0 Å². The van der Waals surface area contributed by atoms with Gasteiger partial charge >= 0.3 is 0 Å². The summed E-state index contributed by atoms with van der Waals surface area (Å²) in [5, 5.41) is 3.61. The zero-order valence-electron chi connectivity index (χ0n) is 11.8. The molecule has 1 N–H and O–H groups in total. The van der Waals surface area contributed by atoms with Crippen molar-refractivity contribution in [3.05, 3.63) is 24.3 Å². The Kier molecular flexibility index (Phi) is 4.48. The van der Waals surface area contributed by atoms with Gasteiger partial charge in [0.1, 0.15) is 0 Å². The maximum Gasteiger partial charge on any atom is 0.0368 e. The molecule has 2 rings (SSSR count). The lowest BCUT2D eigenvalue weighted by atomic mass is 10.2. The molecule has 1 aliphatic rings. The number of rotatable bonds is 3. The fraction of sp³-hybridized carbons (Fsp3) is 0.600. The smallest absolute Gasteiger partial charge is 0.0368 e. The second-order valence-corrected chi connectivity index (χ2v) is 5.27. The van der Waals surface area contributed by atoms with Crippen LogP contribution < -0.4 is 15.1 Å². The Hall–Kier alpha value is -1.22. The maximum absolute atomic E-state index is 3.61. The highest BCUT2D eigenvalue weighted by Gasteiger charge is 2.16. The van der Waals surface area contributed by atoms with Gasteiger partial charge < -0.3 is 15.1 Å². The van der Waals surface area contributed by atoms with E-state index < -0.39 is 0 Å². The van der Waals surface area contributed by atoms with Crippen LogP contribution in [0.15, 0.2) is 24.3 Å². The lowest BCUT2D eigenvalue weighted by Crippen LogP contribution is -2.37. The highest BCUT2D eigenvalue weighted by Crippen LogP contribution is 2.21. The molecule has 1 aromatic rings. The van der Waals surface area contributed by atoms with E-state index in [1.54, 1.807) is 0 Å². The van der Waals surface area contributed by atoms with Crippen LogP contribution in [0.3, 0.4) is 0 Å². The van der Waals surface area contributed by atoms with E-state index in [-0.39, 0.29) is 0 Å². The predicted octanol–water partition coefficient (Wildman–Crippen LogP) is 2.33. The van der Waals surface area contributed by atoms with Gasteiger partial charge in [-0.3, -0.25) is 0 Å². The molecule has 1 saturated heterocycles. The average molecular weight is 247 g/mol. The fourth-order valence-corrected chi connectivity index (χ4v) is 2.47. The Labute approximate surface area is 111 Å². The number of benzene rings is 1. The minimum atomic E-state index is 0.626. The normalized spacial score (nSPS) is 20.6. The number of hydrogen-bond acceptors (Lipinski definition) is 3. The van der Waals surface area contributed by atoms with E-state index in [0.29, 0.717) is 6.04 Å². The molecule has 1 aromatic carbocycles. The highest BCUT2D eigenvalue weighted by atomic mass is 15.2. The van der Waals surface area contributed by atoms with Crippen molar-refractivity contribution in [2.45, 2.75) is 25.8 Å². The molecule has 0 aliphatic carbocycles. The van der Waals surface area contributed by atoms with E-state index in [0.717, 1.165) is 19.6 Å². The monoisotopic (exact) mass is 247 g/mol. The number of hydrogen-bond donors (Lipinski definition) is 1. The van der Waals surface area contributed by atoms with Crippen LogP contribution in [-0.4, -0.2) is 39.8 Å². The quantitative estimate of drug-likeness (QED) is 0.884. The molecule has 0 radical (unpaired) electrons. The SMILES string of the molecule is CCC1CN(c2ccc(N(C)C)cc2)CCCN1. The molecule has 0 aromatic heterocycles. The molecular weight excluding hydrogens is 222 g/mol. The lowest BCUT2D eigenvalue weighted by Gasteiger charge is -2.26. The van der Waals surface area contributed by atoms with Crippen molar-refractivity contribution in [1.29, 1.82) is 0 Å². The molecule has 1 aliphatic heterocycles. The summed E-state index contributed by atoms with van der Waals surface area (Å²) in [6, 6.07) is 9.52. The van der Waals surface area contributed by atoms with E-state index in [9.17, 15) is 0 Å². The first kappa shape index (κ1) is 13.2. The third kappa shape index (κ3) is 3.16. The summed E-state index contributed by atoms with van der Waals surface area (Å²) in [6.07, 6.45) is 2.43. The van der Waals surface area contributed by atoms with E-state index in [4.69, 9.17) is 0 Å². The average Bonchev–Trinajstić information content (AvgIpc) is 2.64. The van der Waals surface area contributed by atoms with Crippen molar-refractivity contribution in [2.75, 3.05) is 43.5 Å². The van der Waals surface area contributed by atoms with Gasteiger partial charge in [-0.15, -0.1) is 0 Å². The van der Waals surface area contributed by atoms with Crippen molar-refractivity contribution in [3.8, 4) is 0 Å². The molecule has 1 fully saturated rings. The molecular formula is C15H25N3. The minimum absolute atomic E-state index is 0.626. The molecule has 1 atom stereocenters. The van der Waals surface area contributed by atoms with Crippen molar-refractivity contribution in [3.63, 3.8) is 0 Å². The third-order valence-corrected chi connectivity index (χ3v) is 3.70. The van der Waals surface area contributed by atoms with Gasteiger partial charge in [0.2, 0.25) is 0 Å². The molecule has 0 spiro atoms. The van der Waals surface area contributed by atoms with Crippen molar-refractivity contribution < 1.29 is 0 Å². The van der Waals surface area contributed by atoms with Gasteiger partial charge in [0.15, 0.2) is 0 Å². The fourth-order valence-electron chi connectivity index (χ4n) is 2.47. The molecule has 1 heterocycles. The van der Waals surface area contributed by atoms with Crippen LogP contribution in [0, 0.1) is 0 Å². The van der Waals surface area contributed by atoms with Gasteiger partial charge in [0.25, 0.3) is 0 Å². The zero-order chi connectivity index (χ0) is 13.0. The molecule has 100 valence electrons. The number of anilines is 2. The summed E-state index contributed by atoms with van der Waals surface area (Å²) in [6.45, 7) is 5.68. The van der Waals surface area contributed by atoms with E-state index >= 15 is 0 Å². The second-order valence-electron chi connectivity index (χ2n) is 5.27. The largest absolute Gasteiger partial charge is 0.378 e. The maximum atomic E-state index is 3.61. The first-order valence-corrected chi connectivity index (χ1v) is 6.96. The van der Waals surface area contributed by atoms with Crippen molar-refractivity contribution in [1.82, 2.24) is 5.32 Å². The van der Waals surface area contributed by atoms with Crippen LogP contribution in [-0.2, 0) is 0 Å². The van der Waals surface area contributed by atoms with Gasteiger partial charge in [-0.05, 0) is 43.7 Å². The topological polar surface area (TPSA) is 18.5 Å². The molecule has 3 nitrogen and oxygen atoms in total. The van der Waals surface area contributed by atoms with Crippen LogP contribution >= 0.6 is 0 Å². The zero-order valence-corrected chi connectivity index (χ0v) is 11.8. The third-order valence-electron chi connectivity index (χ3n) is 3.70. The van der Waals surface area contributed by atoms with E-state index in [1.807, 2.05) is 0 Å². The highest BCUT2D eigenvalue weighted by molar-refractivity contribution is 5.56. The molecule has 0 saturated carbocycles. The Morgan fingerprint density at radius 1 is 1.28 bits per heavy atom. The lowest BCUT2D eigenvalue weighted by molar-refractivity contribution is 0.528. The van der Waals surface area contributed by atoms with Crippen LogP contribution in [0.4, 0.5) is 11.4 Å². The number of nitrogens with one attached hydrogen (secondary N) is 1. The Morgan fingerprint density at radius 2 is 2.00 bits per heavy atom. The molecule has 18 heavy (non-hydrogen) atoms. The Balaban J connectivity index is 2.09. The standard InChI is InChI=1S/C15H25N3/c1-4-13-12-18(11-5-10-16-13)15-8-6-14(7-9-15)17(2)3/h6-9,13,16H,4-5,10-12H2,1-3H3. The summed E-state index contributed by atoms with van der Waals surface area (Å²) in [4.78, 5) is 4.65. The predicted molar refractivity (Wildman–Crippen MR) is 79.7 cm³/mol. The van der Waals surface area contributed by atoms with E-state index in [2.05, 4.69) is 60.4 Å². The van der Waals surface area contributed by atoms with Crippen molar-refractivity contribution >= 4 is 11.4 Å². The summed E-state index contributed by atoms with van der Waals surface area (Å²) in [5.41, 5.74) is 2.61. The molecule has 1 unspecified atom stereocenters. The van der Waals surface area contributed by atoms with Crippen LogP contribution in [0.1, 0.15) is 19.8 Å². The van der Waals surface area contributed by atoms with Crippen LogP contribution in [0.5, 0.6) is 0 Å². The number of nitrogens with zero attached hydrogens (tertiary/aromatic N) is 2. The summed E-state index contributed by atoms with van der Waals surface area (Å²) in [7, 11) is 4.16. The first-order valence-electron chi connectivity index (χ1n) is 6.96. The van der Waals surface area contributed by atoms with Crippen molar-refractivity contribution in [2.24, 2.45) is 0 Å². The van der Waals surface area contributed by atoms with Gasteiger partial charge in [-0.25, -0.2) is 0 Å². The summed E-state index contributed by atoms with van der Waals surface area (Å²) < 4.78 is 0. The minimum Gasteiger partial charge on any atom is -0.378 e. The Bertz CT molecular complexity index is 359. The summed E-state index contributed by atoms with van der Waals surface area (Å²) >= 11 is 0. The van der Waals surface area contributed by atoms with Gasteiger partial charge in [0, 0.05) is 44.6 Å². The summed E-state index contributed by atoms with van der Waals surface area (Å²) in [5.74, 6) is 0. The van der Waals surface area contributed by atoms with Gasteiger partial charge in [-0.1, -0.05) is 6.92 Å². The molecule has 3 heteroatoms.